The second-order valence-electron chi connectivity index (χ2n) is 5.10. The third-order valence-electron chi connectivity index (χ3n) is 3.62. The molecule has 100 valence electrons. The molecule has 0 aromatic heterocycles. The van der Waals surface area contributed by atoms with Crippen molar-refractivity contribution in [2.45, 2.75) is 52.5 Å². The molecular weight excluding hydrogens is 222 g/mol. The topological polar surface area (TPSA) is 20.3 Å². The lowest BCUT2D eigenvalue weighted by molar-refractivity contribution is -0.131. The van der Waals surface area contributed by atoms with E-state index in [1.165, 1.54) is 11.1 Å². The Morgan fingerprint density at radius 1 is 1.28 bits per heavy atom. The van der Waals surface area contributed by atoms with Crippen molar-refractivity contribution in [3.8, 4) is 0 Å². The minimum absolute atomic E-state index is 0.261. The van der Waals surface area contributed by atoms with Gasteiger partial charge in [0.2, 0.25) is 5.91 Å². The van der Waals surface area contributed by atoms with Crippen molar-refractivity contribution in [3.05, 3.63) is 35.4 Å². The van der Waals surface area contributed by atoms with Gasteiger partial charge in [-0.1, -0.05) is 36.8 Å². The quantitative estimate of drug-likeness (QED) is 0.752. The predicted octanol–water partition coefficient (Wildman–Crippen LogP) is 3.57. The number of hydrogen-bond acceptors (Lipinski definition) is 1. The van der Waals surface area contributed by atoms with E-state index in [0.29, 0.717) is 12.5 Å². The van der Waals surface area contributed by atoms with Crippen molar-refractivity contribution in [2.24, 2.45) is 0 Å². The average Bonchev–Trinajstić information content (AvgIpc) is 2.39. The molecule has 0 radical (unpaired) electrons. The number of rotatable bonds is 6. The molecule has 1 amide bonds. The van der Waals surface area contributed by atoms with Crippen LogP contribution in [0.2, 0.25) is 0 Å². The molecule has 1 atom stereocenters. The average molecular weight is 247 g/mol. The van der Waals surface area contributed by atoms with Crippen LogP contribution in [-0.2, 0) is 11.2 Å². The Labute approximate surface area is 111 Å². The molecule has 0 fully saturated rings. The molecule has 2 nitrogen and oxygen atoms in total. The minimum atomic E-state index is 0.261. The molecule has 1 unspecified atom stereocenters. The molecule has 0 bridgehead atoms. The van der Waals surface area contributed by atoms with Crippen molar-refractivity contribution in [2.75, 3.05) is 7.05 Å². The Bertz CT molecular complexity index is 369. The monoisotopic (exact) mass is 247 g/mol. The zero-order chi connectivity index (χ0) is 13.5. The molecule has 0 aliphatic heterocycles. The maximum atomic E-state index is 11.9. The van der Waals surface area contributed by atoms with Gasteiger partial charge in [0.25, 0.3) is 0 Å². The fraction of sp³-hybridized carbons (Fsp3) is 0.562. The van der Waals surface area contributed by atoms with Crippen LogP contribution in [0.25, 0.3) is 0 Å². The normalized spacial score (nSPS) is 12.2. The van der Waals surface area contributed by atoms with Gasteiger partial charge >= 0.3 is 0 Å². The summed E-state index contributed by atoms with van der Waals surface area (Å²) >= 11 is 0. The van der Waals surface area contributed by atoms with E-state index in [9.17, 15) is 4.79 Å². The Balaban J connectivity index is 2.33. The lowest BCUT2D eigenvalue weighted by Gasteiger charge is -2.23. The number of hydrogen-bond donors (Lipinski definition) is 0. The van der Waals surface area contributed by atoms with Gasteiger partial charge in [-0.25, -0.2) is 0 Å². The maximum Gasteiger partial charge on any atom is 0.222 e. The molecule has 0 saturated carbocycles. The summed E-state index contributed by atoms with van der Waals surface area (Å²) in [6.45, 7) is 6.30. The number of aryl methyl sites for hydroxylation is 2. The molecule has 0 spiro atoms. The highest BCUT2D eigenvalue weighted by Crippen LogP contribution is 2.09. The second-order valence-corrected chi connectivity index (χ2v) is 5.10. The van der Waals surface area contributed by atoms with Crippen LogP contribution in [0.3, 0.4) is 0 Å². The highest BCUT2D eigenvalue weighted by atomic mass is 16.2. The highest BCUT2D eigenvalue weighted by Gasteiger charge is 2.13. The standard InChI is InChI=1S/C16H25NO/c1-5-14(3)17(4)16(18)8-6-7-15-11-9-13(2)10-12-15/h9-12,14H,5-8H2,1-4H3. The van der Waals surface area contributed by atoms with Gasteiger partial charge in [0.1, 0.15) is 0 Å². The van der Waals surface area contributed by atoms with Crippen LogP contribution in [0.5, 0.6) is 0 Å². The number of amides is 1. The van der Waals surface area contributed by atoms with Gasteiger partial charge in [-0.15, -0.1) is 0 Å². The second kappa shape index (κ2) is 7.20. The Hall–Kier alpha value is -1.31. The van der Waals surface area contributed by atoms with Crippen LogP contribution in [0.4, 0.5) is 0 Å². The minimum Gasteiger partial charge on any atom is -0.343 e. The van der Waals surface area contributed by atoms with Crippen LogP contribution in [0.15, 0.2) is 24.3 Å². The van der Waals surface area contributed by atoms with E-state index < -0.39 is 0 Å². The Kier molecular flexibility index (Phi) is 5.90. The van der Waals surface area contributed by atoms with Gasteiger partial charge in [-0.3, -0.25) is 4.79 Å². The van der Waals surface area contributed by atoms with Crippen molar-refractivity contribution >= 4 is 5.91 Å². The summed E-state index contributed by atoms with van der Waals surface area (Å²) in [7, 11) is 1.91. The van der Waals surface area contributed by atoms with Gasteiger partial charge in [-0.05, 0) is 38.7 Å². The summed E-state index contributed by atoms with van der Waals surface area (Å²) in [4.78, 5) is 13.8. The molecule has 0 saturated heterocycles. The first-order valence-electron chi connectivity index (χ1n) is 6.85. The van der Waals surface area contributed by atoms with E-state index in [-0.39, 0.29) is 5.91 Å². The van der Waals surface area contributed by atoms with Gasteiger partial charge < -0.3 is 4.90 Å². The predicted molar refractivity (Wildman–Crippen MR) is 76.6 cm³/mol. The van der Waals surface area contributed by atoms with Crippen molar-refractivity contribution in [1.82, 2.24) is 4.90 Å². The van der Waals surface area contributed by atoms with E-state index in [4.69, 9.17) is 0 Å². The fourth-order valence-electron chi connectivity index (χ4n) is 1.89. The SMILES string of the molecule is CCC(C)N(C)C(=O)CCCc1ccc(C)cc1. The van der Waals surface area contributed by atoms with Crippen molar-refractivity contribution in [3.63, 3.8) is 0 Å². The number of carbonyl (C=O) groups is 1. The summed E-state index contributed by atoms with van der Waals surface area (Å²) in [5, 5.41) is 0. The first-order valence-corrected chi connectivity index (χ1v) is 6.85. The van der Waals surface area contributed by atoms with Crippen LogP contribution < -0.4 is 0 Å². The first kappa shape index (κ1) is 14.7. The third kappa shape index (κ3) is 4.52. The molecule has 1 aromatic rings. The van der Waals surface area contributed by atoms with E-state index in [1.54, 1.807) is 0 Å². The zero-order valence-corrected chi connectivity index (χ0v) is 12.1. The van der Waals surface area contributed by atoms with Crippen LogP contribution >= 0.6 is 0 Å². The van der Waals surface area contributed by atoms with Gasteiger partial charge in [-0.2, -0.15) is 0 Å². The summed E-state index contributed by atoms with van der Waals surface area (Å²) in [6.07, 6.45) is 3.58. The van der Waals surface area contributed by atoms with Crippen molar-refractivity contribution in [1.29, 1.82) is 0 Å². The van der Waals surface area contributed by atoms with Gasteiger partial charge in [0.05, 0.1) is 0 Å². The molecule has 0 aliphatic carbocycles. The van der Waals surface area contributed by atoms with Crippen molar-refractivity contribution < 1.29 is 4.79 Å². The summed E-state index contributed by atoms with van der Waals surface area (Å²) < 4.78 is 0. The molecule has 0 aliphatic rings. The molecule has 2 heteroatoms. The van der Waals surface area contributed by atoms with Crippen LogP contribution in [0.1, 0.15) is 44.2 Å². The lowest BCUT2D eigenvalue weighted by atomic mass is 10.1. The largest absolute Gasteiger partial charge is 0.343 e. The first-order chi connectivity index (χ1) is 8.54. The molecular formula is C16H25NO. The Morgan fingerprint density at radius 3 is 2.44 bits per heavy atom. The lowest BCUT2D eigenvalue weighted by Crippen LogP contribution is -2.34. The van der Waals surface area contributed by atoms with Gasteiger partial charge in [0.15, 0.2) is 0 Å². The van der Waals surface area contributed by atoms with Crippen LogP contribution in [-0.4, -0.2) is 23.9 Å². The smallest absolute Gasteiger partial charge is 0.222 e. The van der Waals surface area contributed by atoms with E-state index in [0.717, 1.165) is 19.3 Å². The number of carbonyl (C=O) groups excluding carboxylic acids is 1. The summed E-state index contributed by atoms with van der Waals surface area (Å²) in [6, 6.07) is 8.90. The fourth-order valence-corrected chi connectivity index (χ4v) is 1.89. The Morgan fingerprint density at radius 2 is 1.89 bits per heavy atom. The van der Waals surface area contributed by atoms with E-state index in [2.05, 4.69) is 45.0 Å². The zero-order valence-electron chi connectivity index (χ0n) is 12.1. The number of benzene rings is 1. The summed E-state index contributed by atoms with van der Waals surface area (Å²) in [5.41, 5.74) is 2.60. The molecule has 1 aromatic carbocycles. The third-order valence-corrected chi connectivity index (χ3v) is 3.62. The highest BCUT2D eigenvalue weighted by molar-refractivity contribution is 5.76. The summed E-state index contributed by atoms with van der Waals surface area (Å²) in [5.74, 6) is 0.261. The molecule has 0 heterocycles. The molecule has 18 heavy (non-hydrogen) atoms. The van der Waals surface area contributed by atoms with E-state index in [1.807, 2.05) is 11.9 Å². The van der Waals surface area contributed by atoms with Gasteiger partial charge in [0, 0.05) is 19.5 Å². The van der Waals surface area contributed by atoms with Crippen LogP contribution in [0, 0.1) is 6.92 Å². The maximum absolute atomic E-state index is 11.9. The molecule has 0 N–H and O–H groups in total. The van der Waals surface area contributed by atoms with E-state index >= 15 is 0 Å². The number of nitrogens with zero attached hydrogens (tertiary/aromatic N) is 1. The molecule has 1 rings (SSSR count).